The Balaban J connectivity index is 1.80. The first-order valence-corrected chi connectivity index (χ1v) is 8.19. The van der Waals surface area contributed by atoms with Crippen LogP contribution < -0.4 is 0 Å². The Morgan fingerprint density at radius 1 is 1.29 bits per heavy atom. The van der Waals surface area contributed by atoms with Crippen molar-refractivity contribution in [3.63, 3.8) is 0 Å². The van der Waals surface area contributed by atoms with Gasteiger partial charge in [-0.3, -0.25) is 9.20 Å². The molecule has 0 saturated carbocycles. The summed E-state index contributed by atoms with van der Waals surface area (Å²) in [5.41, 5.74) is -0.486. The molecule has 1 atom stereocenters. The van der Waals surface area contributed by atoms with E-state index in [1.165, 1.54) is 10.5 Å². The second-order valence-corrected chi connectivity index (χ2v) is 6.63. The van der Waals surface area contributed by atoms with Gasteiger partial charge in [0.1, 0.15) is 0 Å². The molecule has 0 aromatic carbocycles. The molecule has 1 aliphatic rings. The van der Waals surface area contributed by atoms with Crippen LogP contribution >= 0.6 is 11.8 Å². The third-order valence-corrected chi connectivity index (χ3v) is 4.70. The number of rotatable bonds is 3. The lowest BCUT2D eigenvalue weighted by Crippen LogP contribution is -2.44. The summed E-state index contributed by atoms with van der Waals surface area (Å²) in [6.45, 7) is 3.72. The molecule has 0 bridgehead atoms. The molecule has 0 unspecified atom stereocenters. The molecule has 10 heteroatoms. The number of carbonyl (C=O) groups excluding carboxylic acids is 1. The van der Waals surface area contributed by atoms with E-state index < -0.39 is 17.0 Å². The minimum absolute atomic E-state index is 0.0907. The molecule has 2 aromatic rings. The predicted octanol–water partition coefficient (Wildman–Crippen LogP) is 2.09. The average molecular weight is 360 g/mol. The van der Waals surface area contributed by atoms with E-state index in [-0.39, 0.29) is 11.1 Å². The maximum absolute atomic E-state index is 12.9. The van der Waals surface area contributed by atoms with E-state index >= 15 is 0 Å². The number of nitrogens with zero attached hydrogens (tertiary/aromatic N) is 4. The van der Waals surface area contributed by atoms with Crippen molar-refractivity contribution in [2.24, 2.45) is 0 Å². The highest BCUT2D eigenvalue weighted by atomic mass is 32.2. The van der Waals surface area contributed by atoms with Crippen LogP contribution in [-0.2, 0) is 15.7 Å². The molecule has 1 aliphatic heterocycles. The molecule has 24 heavy (non-hydrogen) atoms. The molecule has 0 spiro atoms. The molecule has 130 valence electrons. The van der Waals surface area contributed by atoms with E-state index in [1.807, 2.05) is 0 Å². The molecule has 1 fully saturated rings. The molecule has 3 heterocycles. The minimum atomic E-state index is -4.45. The van der Waals surface area contributed by atoms with Crippen LogP contribution in [0.15, 0.2) is 23.5 Å². The number of pyridine rings is 1. The maximum Gasteiger partial charge on any atom is 0.417 e. The maximum atomic E-state index is 12.9. The zero-order valence-electron chi connectivity index (χ0n) is 12.8. The Labute approximate surface area is 140 Å². The van der Waals surface area contributed by atoms with Gasteiger partial charge in [0.25, 0.3) is 0 Å². The molecule has 0 N–H and O–H groups in total. The quantitative estimate of drug-likeness (QED) is 0.785. The number of fused-ring (bicyclic) bond motifs is 1. The van der Waals surface area contributed by atoms with Crippen molar-refractivity contribution in [3.8, 4) is 0 Å². The highest BCUT2D eigenvalue weighted by molar-refractivity contribution is 8.00. The Morgan fingerprint density at radius 3 is 2.67 bits per heavy atom. The van der Waals surface area contributed by atoms with Crippen LogP contribution in [0.5, 0.6) is 0 Å². The smallest absolute Gasteiger partial charge is 0.378 e. The largest absolute Gasteiger partial charge is 0.417 e. The Bertz CT molecular complexity index is 743. The van der Waals surface area contributed by atoms with E-state index in [0.717, 1.165) is 24.0 Å². The molecular weight excluding hydrogens is 345 g/mol. The van der Waals surface area contributed by atoms with Gasteiger partial charge in [0.2, 0.25) is 5.91 Å². The highest BCUT2D eigenvalue weighted by Crippen LogP contribution is 2.31. The van der Waals surface area contributed by atoms with Gasteiger partial charge in [-0.1, -0.05) is 11.8 Å². The summed E-state index contributed by atoms with van der Waals surface area (Å²) in [4.78, 5) is 14.1. The fourth-order valence-corrected chi connectivity index (χ4v) is 3.28. The number of amides is 1. The van der Waals surface area contributed by atoms with E-state index in [4.69, 9.17) is 4.74 Å². The van der Waals surface area contributed by atoms with Gasteiger partial charge in [0.05, 0.1) is 24.0 Å². The van der Waals surface area contributed by atoms with E-state index in [0.29, 0.717) is 32.0 Å². The van der Waals surface area contributed by atoms with Gasteiger partial charge < -0.3 is 9.64 Å². The number of aromatic nitrogens is 3. The topological polar surface area (TPSA) is 59.7 Å². The molecule has 6 nitrogen and oxygen atoms in total. The summed E-state index contributed by atoms with van der Waals surface area (Å²) in [6.07, 6.45) is -3.50. The summed E-state index contributed by atoms with van der Waals surface area (Å²) in [6, 6.07) is 2.22. The third kappa shape index (κ3) is 3.48. The number of ether oxygens (including phenoxy) is 1. The van der Waals surface area contributed by atoms with Crippen LogP contribution in [0, 0.1) is 0 Å². The summed E-state index contributed by atoms with van der Waals surface area (Å²) in [5.74, 6) is -0.0907. The van der Waals surface area contributed by atoms with Crippen molar-refractivity contribution < 1.29 is 22.7 Å². The van der Waals surface area contributed by atoms with Crippen molar-refractivity contribution in [2.75, 3.05) is 26.3 Å². The van der Waals surface area contributed by atoms with Crippen LogP contribution in [0.3, 0.4) is 0 Å². The van der Waals surface area contributed by atoms with Crippen LogP contribution in [0.4, 0.5) is 13.2 Å². The second kappa shape index (κ2) is 6.60. The normalized spacial score (nSPS) is 17.2. The number of hydrogen-bond acceptors (Lipinski definition) is 5. The van der Waals surface area contributed by atoms with Gasteiger partial charge in [-0.15, -0.1) is 10.2 Å². The highest BCUT2D eigenvalue weighted by Gasteiger charge is 2.31. The zero-order chi connectivity index (χ0) is 17.3. The minimum Gasteiger partial charge on any atom is -0.378 e. The standard InChI is InChI=1S/C14H15F3N4O2S/c1-9(12(22)20-4-6-23-7-5-20)24-13-19-18-11-3-2-10(8-21(11)13)14(15,16)17/h2-3,8-9H,4-7H2,1H3/t9-/m1/s1. The van der Waals surface area contributed by atoms with Crippen molar-refractivity contribution in [1.29, 1.82) is 0 Å². The summed E-state index contributed by atoms with van der Waals surface area (Å²) < 4.78 is 45.0. The van der Waals surface area contributed by atoms with Gasteiger partial charge in [-0.05, 0) is 19.1 Å². The lowest BCUT2D eigenvalue weighted by molar-refractivity contribution is -0.138. The summed E-state index contributed by atoms with van der Waals surface area (Å²) in [5, 5.41) is 7.52. The number of alkyl halides is 3. The number of thioether (sulfide) groups is 1. The summed E-state index contributed by atoms with van der Waals surface area (Å²) >= 11 is 1.09. The van der Waals surface area contributed by atoms with Crippen LogP contribution in [-0.4, -0.2) is 57.0 Å². The average Bonchev–Trinajstić information content (AvgIpc) is 2.96. The predicted molar refractivity (Wildman–Crippen MR) is 80.7 cm³/mol. The van der Waals surface area contributed by atoms with Gasteiger partial charge in [-0.25, -0.2) is 0 Å². The van der Waals surface area contributed by atoms with Crippen LogP contribution in [0.1, 0.15) is 12.5 Å². The molecule has 3 rings (SSSR count). The van der Waals surface area contributed by atoms with Crippen molar-refractivity contribution in [1.82, 2.24) is 19.5 Å². The van der Waals surface area contributed by atoms with Gasteiger partial charge in [0.15, 0.2) is 10.8 Å². The first-order valence-electron chi connectivity index (χ1n) is 7.31. The van der Waals surface area contributed by atoms with Crippen LogP contribution in [0.2, 0.25) is 0 Å². The van der Waals surface area contributed by atoms with Crippen molar-refractivity contribution in [2.45, 2.75) is 23.5 Å². The van der Waals surface area contributed by atoms with Crippen LogP contribution in [0.25, 0.3) is 5.65 Å². The van der Waals surface area contributed by atoms with Gasteiger partial charge in [-0.2, -0.15) is 13.2 Å². The SMILES string of the molecule is C[C@@H](Sc1nnc2ccc(C(F)(F)F)cn12)C(=O)N1CCOCC1. The number of halogens is 3. The summed E-state index contributed by atoms with van der Waals surface area (Å²) in [7, 11) is 0. The van der Waals surface area contributed by atoms with E-state index in [1.54, 1.807) is 11.8 Å². The monoisotopic (exact) mass is 360 g/mol. The lowest BCUT2D eigenvalue weighted by Gasteiger charge is -2.28. The Kier molecular flexibility index (Phi) is 4.68. The first-order chi connectivity index (χ1) is 11.4. The Morgan fingerprint density at radius 2 is 2.00 bits per heavy atom. The molecule has 1 saturated heterocycles. The van der Waals surface area contributed by atoms with Gasteiger partial charge >= 0.3 is 6.18 Å². The van der Waals surface area contributed by atoms with Crippen molar-refractivity contribution >= 4 is 23.3 Å². The number of carbonyl (C=O) groups is 1. The third-order valence-electron chi connectivity index (χ3n) is 3.65. The number of hydrogen-bond donors (Lipinski definition) is 0. The molecular formula is C14H15F3N4O2S. The first kappa shape index (κ1) is 17.0. The zero-order valence-corrected chi connectivity index (χ0v) is 13.6. The van der Waals surface area contributed by atoms with E-state index in [9.17, 15) is 18.0 Å². The second-order valence-electron chi connectivity index (χ2n) is 5.32. The fraction of sp³-hybridized carbons (Fsp3) is 0.500. The van der Waals surface area contributed by atoms with Crippen molar-refractivity contribution in [3.05, 3.63) is 23.9 Å². The van der Waals surface area contributed by atoms with E-state index in [2.05, 4.69) is 10.2 Å². The lowest BCUT2D eigenvalue weighted by atomic mass is 10.3. The fourth-order valence-electron chi connectivity index (χ4n) is 2.37. The molecule has 2 aromatic heterocycles. The molecule has 0 radical (unpaired) electrons. The number of morpholine rings is 1. The Hall–Kier alpha value is -1.81. The molecule has 1 amide bonds. The van der Waals surface area contributed by atoms with Gasteiger partial charge in [0, 0.05) is 19.3 Å². The molecule has 0 aliphatic carbocycles.